The van der Waals surface area contributed by atoms with Crippen LogP contribution in [0, 0.1) is 0 Å². The molecular weight excluding hydrogens is 550 g/mol. The Morgan fingerprint density at radius 1 is 1.06 bits per heavy atom. The first-order valence-corrected chi connectivity index (χ1v) is 12.1. The van der Waals surface area contributed by atoms with Gasteiger partial charge in [-0.3, -0.25) is 9.59 Å². The van der Waals surface area contributed by atoms with Gasteiger partial charge in [0.25, 0.3) is 0 Å². The second-order valence-electron chi connectivity index (χ2n) is 7.39. The summed E-state index contributed by atoms with van der Waals surface area (Å²) in [4.78, 5) is 24.2. The zero-order valence-electron chi connectivity index (χ0n) is 19.7. The number of carbonyl (C=O) groups excluding carboxylic acids is 2. The third-order valence-electron chi connectivity index (χ3n) is 4.75. The maximum atomic E-state index is 12.1. The fraction of sp³-hybridized carbons (Fsp3) is 0.192. The van der Waals surface area contributed by atoms with Crippen LogP contribution in [0.4, 0.5) is 5.69 Å². The number of rotatable bonds is 11. The van der Waals surface area contributed by atoms with Crippen LogP contribution in [0.1, 0.15) is 24.5 Å². The van der Waals surface area contributed by atoms with Crippen molar-refractivity contribution in [2.24, 2.45) is 5.10 Å². The van der Waals surface area contributed by atoms with Gasteiger partial charge in [-0.1, -0.05) is 29.8 Å². The van der Waals surface area contributed by atoms with E-state index in [0.29, 0.717) is 44.6 Å². The predicted molar refractivity (Wildman–Crippen MR) is 143 cm³/mol. The summed E-state index contributed by atoms with van der Waals surface area (Å²) in [5, 5.41) is 7.19. The summed E-state index contributed by atoms with van der Waals surface area (Å²) < 4.78 is 17.4. The topological polar surface area (TPSA) is 98.2 Å². The molecule has 0 aliphatic heterocycles. The van der Waals surface area contributed by atoms with Crippen molar-refractivity contribution in [3.05, 3.63) is 81.3 Å². The van der Waals surface area contributed by atoms with E-state index in [1.165, 1.54) is 13.3 Å². The van der Waals surface area contributed by atoms with Crippen LogP contribution in [-0.4, -0.2) is 31.7 Å². The van der Waals surface area contributed by atoms with E-state index < -0.39 is 11.8 Å². The lowest BCUT2D eigenvalue weighted by atomic mass is 10.2. The van der Waals surface area contributed by atoms with E-state index in [2.05, 4.69) is 31.8 Å². The molecule has 3 aromatic carbocycles. The van der Waals surface area contributed by atoms with Crippen LogP contribution in [0.5, 0.6) is 17.2 Å². The van der Waals surface area contributed by atoms with Crippen LogP contribution in [0.2, 0.25) is 5.02 Å². The van der Waals surface area contributed by atoms with Gasteiger partial charge in [0.2, 0.25) is 11.8 Å². The molecule has 8 nitrogen and oxygen atoms in total. The summed E-state index contributed by atoms with van der Waals surface area (Å²) in [6.07, 6.45) is 1.06. The minimum atomic E-state index is -0.555. The molecule has 0 atom stereocenters. The van der Waals surface area contributed by atoms with E-state index >= 15 is 0 Å². The Kier molecular flexibility index (Phi) is 10.1. The number of ether oxygens (including phenoxy) is 3. The molecule has 0 saturated heterocycles. The second kappa shape index (κ2) is 13.5. The van der Waals surface area contributed by atoms with Gasteiger partial charge < -0.3 is 19.5 Å². The molecule has 0 bridgehead atoms. The highest BCUT2D eigenvalue weighted by Gasteiger charge is 2.13. The van der Waals surface area contributed by atoms with Crippen LogP contribution in [0.3, 0.4) is 0 Å². The zero-order valence-corrected chi connectivity index (χ0v) is 22.1. The standard InChI is InChI=1S/C26H25BrClN3O5/c1-3-35-20-10-8-19(9-11-20)30-24(32)14-25(33)31-29-15-17-12-21(27)26(23(13-17)34-2)36-16-18-6-4-5-7-22(18)28/h4-13,15H,3,14,16H2,1-2H3,(H,30,32)(H,31,33). The quantitative estimate of drug-likeness (QED) is 0.177. The largest absolute Gasteiger partial charge is 0.494 e. The molecule has 10 heteroatoms. The van der Waals surface area contributed by atoms with Gasteiger partial charge in [0.15, 0.2) is 11.5 Å². The Balaban J connectivity index is 1.54. The molecule has 0 unspecified atom stereocenters. The van der Waals surface area contributed by atoms with Crippen molar-refractivity contribution < 1.29 is 23.8 Å². The lowest BCUT2D eigenvalue weighted by Crippen LogP contribution is -2.24. The van der Waals surface area contributed by atoms with Gasteiger partial charge in [-0.15, -0.1) is 0 Å². The molecule has 36 heavy (non-hydrogen) atoms. The molecule has 188 valence electrons. The average Bonchev–Trinajstić information content (AvgIpc) is 2.85. The SMILES string of the molecule is CCOc1ccc(NC(=O)CC(=O)NN=Cc2cc(Br)c(OCc3ccccc3Cl)c(OC)c2)cc1. The normalized spacial score (nSPS) is 10.7. The van der Waals surface area contributed by atoms with E-state index in [0.717, 1.165) is 5.56 Å². The number of nitrogens with zero attached hydrogens (tertiary/aromatic N) is 1. The zero-order chi connectivity index (χ0) is 25.9. The van der Waals surface area contributed by atoms with Crippen molar-refractivity contribution in [1.82, 2.24) is 5.43 Å². The van der Waals surface area contributed by atoms with Crippen LogP contribution >= 0.6 is 27.5 Å². The highest BCUT2D eigenvalue weighted by molar-refractivity contribution is 9.10. The fourth-order valence-electron chi connectivity index (χ4n) is 3.09. The van der Waals surface area contributed by atoms with Gasteiger partial charge in [-0.05, 0) is 70.9 Å². The first kappa shape index (κ1) is 27.0. The molecule has 0 aliphatic carbocycles. The molecule has 0 spiro atoms. The Morgan fingerprint density at radius 2 is 1.81 bits per heavy atom. The molecule has 0 fully saturated rings. The van der Waals surface area contributed by atoms with E-state index in [9.17, 15) is 9.59 Å². The Bertz CT molecular complexity index is 1230. The molecule has 0 aromatic heterocycles. The molecule has 3 aromatic rings. The fourth-order valence-corrected chi connectivity index (χ4v) is 3.85. The van der Waals surface area contributed by atoms with Crippen molar-refractivity contribution in [3.63, 3.8) is 0 Å². The van der Waals surface area contributed by atoms with Crippen molar-refractivity contribution in [1.29, 1.82) is 0 Å². The van der Waals surface area contributed by atoms with Crippen molar-refractivity contribution in [3.8, 4) is 17.2 Å². The van der Waals surface area contributed by atoms with Gasteiger partial charge in [0.1, 0.15) is 18.8 Å². The van der Waals surface area contributed by atoms with Crippen molar-refractivity contribution in [2.75, 3.05) is 19.0 Å². The Morgan fingerprint density at radius 3 is 2.50 bits per heavy atom. The molecule has 0 saturated carbocycles. The lowest BCUT2D eigenvalue weighted by Gasteiger charge is -2.14. The average molecular weight is 575 g/mol. The number of nitrogens with one attached hydrogen (secondary N) is 2. The maximum Gasteiger partial charge on any atom is 0.249 e. The first-order chi connectivity index (χ1) is 17.4. The number of hydrogen-bond acceptors (Lipinski definition) is 6. The number of hydrogen-bond donors (Lipinski definition) is 2. The number of hydrazone groups is 1. The minimum absolute atomic E-state index is 0.261. The molecule has 0 radical (unpaired) electrons. The van der Waals surface area contributed by atoms with Crippen LogP contribution in [0.25, 0.3) is 0 Å². The monoisotopic (exact) mass is 573 g/mol. The van der Waals surface area contributed by atoms with Gasteiger partial charge in [0.05, 0.1) is 24.4 Å². The van der Waals surface area contributed by atoms with Crippen molar-refractivity contribution >= 4 is 51.2 Å². The molecule has 0 aliphatic rings. The second-order valence-corrected chi connectivity index (χ2v) is 8.65. The number of amides is 2. The van der Waals surface area contributed by atoms with E-state index in [1.54, 1.807) is 42.5 Å². The molecule has 2 N–H and O–H groups in total. The van der Waals surface area contributed by atoms with Gasteiger partial charge in [-0.25, -0.2) is 5.43 Å². The summed E-state index contributed by atoms with van der Waals surface area (Å²) in [6, 6.07) is 17.8. The van der Waals surface area contributed by atoms with Crippen molar-refractivity contribution in [2.45, 2.75) is 20.0 Å². The lowest BCUT2D eigenvalue weighted by molar-refractivity contribution is -0.126. The van der Waals surface area contributed by atoms with E-state index in [4.69, 9.17) is 25.8 Å². The number of carbonyl (C=O) groups is 2. The summed E-state index contributed by atoms with van der Waals surface area (Å²) in [5.41, 5.74) is 4.39. The highest BCUT2D eigenvalue weighted by atomic mass is 79.9. The Labute approximate surface area is 222 Å². The number of benzene rings is 3. The van der Waals surface area contributed by atoms with Gasteiger partial charge in [-0.2, -0.15) is 5.10 Å². The maximum absolute atomic E-state index is 12.1. The molecular formula is C26H25BrClN3O5. The Hall–Kier alpha value is -3.56. The summed E-state index contributed by atoms with van der Waals surface area (Å²) >= 11 is 9.68. The van der Waals surface area contributed by atoms with E-state index in [1.807, 2.05) is 25.1 Å². The molecule has 0 heterocycles. The number of anilines is 1. The number of halogens is 2. The smallest absolute Gasteiger partial charge is 0.249 e. The van der Waals surface area contributed by atoms with E-state index in [-0.39, 0.29) is 13.0 Å². The molecule has 3 rings (SSSR count). The third kappa shape index (κ3) is 8.00. The van der Waals surface area contributed by atoms with Gasteiger partial charge >= 0.3 is 0 Å². The first-order valence-electron chi connectivity index (χ1n) is 11.0. The van der Waals surface area contributed by atoms with Crippen LogP contribution in [-0.2, 0) is 16.2 Å². The number of methoxy groups -OCH3 is 1. The third-order valence-corrected chi connectivity index (χ3v) is 5.71. The summed E-state index contributed by atoms with van der Waals surface area (Å²) in [6.45, 7) is 2.70. The van der Waals surface area contributed by atoms with Crippen LogP contribution in [0.15, 0.2) is 70.2 Å². The van der Waals surface area contributed by atoms with Crippen LogP contribution < -0.4 is 25.0 Å². The summed E-state index contributed by atoms with van der Waals surface area (Å²) in [5.74, 6) is 0.659. The predicted octanol–water partition coefficient (Wildman–Crippen LogP) is 5.57. The summed E-state index contributed by atoms with van der Waals surface area (Å²) in [7, 11) is 1.52. The minimum Gasteiger partial charge on any atom is -0.494 e. The molecule has 2 amide bonds. The highest BCUT2D eigenvalue weighted by Crippen LogP contribution is 2.37. The van der Waals surface area contributed by atoms with Gasteiger partial charge in [0, 0.05) is 16.3 Å².